The Morgan fingerprint density at radius 1 is 1.10 bits per heavy atom. The molecule has 0 saturated heterocycles. The van der Waals surface area contributed by atoms with E-state index in [-0.39, 0.29) is 5.75 Å². The number of nitrogens with two attached hydrogens (primary N) is 1. The Morgan fingerprint density at radius 3 is 2.38 bits per heavy atom. The zero-order chi connectivity index (χ0) is 15.6. The summed E-state index contributed by atoms with van der Waals surface area (Å²) >= 11 is 3.21. The van der Waals surface area contributed by atoms with E-state index < -0.39 is 17.3 Å². The molecule has 0 saturated carbocycles. The van der Waals surface area contributed by atoms with E-state index in [0.29, 0.717) is 15.9 Å². The maximum absolute atomic E-state index is 12.8. The molecule has 0 aliphatic rings. The molecule has 0 bridgehead atoms. The van der Waals surface area contributed by atoms with Crippen molar-refractivity contribution in [3.63, 3.8) is 0 Å². The van der Waals surface area contributed by atoms with Gasteiger partial charge in [-0.1, -0.05) is 15.9 Å². The molecule has 0 aromatic heterocycles. The molecule has 108 valence electrons. The molecule has 2 rings (SSSR count). The van der Waals surface area contributed by atoms with Crippen LogP contribution in [-0.2, 0) is 6.18 Å². The van der Waals surface area contributed by atoms with Crippen molar-refractivity contribution in [2.75, 3.05) is 5.73 Å². The molecule has 2 N–H and O–H groups in total. The van der Waals surface area contributed by atoms with E-state index in [1.165, 1.54) is 18.2 Å². The van der Waals surface area contributed by atoms with Gasteiger partial charge in [0, 0.05) is 16.2 Å². The lowest BCUT2D eigenvalue weighted by Crippen LogP contribution is -2.07. The van der Waals surface area contributed by atoms with Crippen molar-refractivity contribution in [2.24, 2.45) is 0 Å². The zero-order valence-corrected chi connectivity index (χ0v) is 12.0. The smallest absolute Gasteiger partial charge is 0.417 e. The Morgan fingerprint density at radius 2 is 1.81 bits per heavy atom. The number of alkyl halides is 3. The number of nitrogen functional groups attached to an aromatic ring is 1. The lowest BCUT2D eigenvalue weighted by Gasteiger charge is -2.12. The van der Waals surface area contributed by atoms with Crippen molar-refractivity contribution in [3.8, 4) is 17.6 Å². The van der Waals surface area contributed by atoms with Crippen LogP contribution in [0.25, 0.3) is 0 Å². The van der Waals surface area contributed by atoms with Crippen molar-refractivity contribution in [1.82, 2.24) is 0 Å². The molecule has 2 aromatic rings. The maximum Gasteiger partial charge on any atom is 0.417 e. The van der Waals surface area contributed by atoms with Gasteiger partial charge in [-0.15, -0.1) is 0 Å². The summed E-state index contributed by atoms with van der Waals surface area (Å²) in [7, 11) is 0. The van der Waals surface area contributed by atoms with E-state index >= 15 is 0 Å². The third-order valence-electron chi connectivity index (χ3n) is 2.55. The summed E-state index contributed by atoms with van der Waals surface area (Å²) < 4.78 is 44.5. The van der Waals surface area contributed by atoms with E-state index in [1.54, 1.807) is 12.1 Å². The van der Waals surface area contributed by atoms with Gasteiger partial charge in [-0.3, -0.25) is 0 Å². The summed E-state index contributed by atoms with van der Waals surface area (Å²) in [6.45, 7) is 0. The molecule has 0 aliphatic carbocycles. The Balaban J connectivity index is 2.40. The molecule has 0 radical (unpaired) electrons. The molecule has 0 fully saturated rings. The highest BCUT2D eigenvalue weighted by atomic mass is 79.9. The highest BCUT2D eigenvalue weighted by Crippen LogP contribution is 2.35. The number of benzene rings is 2. The second-order valence-electron chi connectivity index (χ2n) is 4.14. The number of nitriles is 1. The molecule has 7 heteroatoms. The Hall–Kier alpha value is -2.20. The van der Waals surface area contributed by atoms with Gasteiger partial charge in [0.2, 0.25) is 0 Å². The van der Waals surface area contributed by atoms with Gasteiger partial charge in [-0.05, 0) is 30.3 Å². The summed E-state index contributed by atoms with van der Waals surface area (Å²) in [5.74, 6) is 0.263. The van der Waals surface area contributed by atoms with Crippen LogP contribution in [0.3, 0.4) is 0 Å². The summed E-state index contributed by atoms with van der Waals surface area (Å²) in [6, 6.07) is 9.35. The van der Waals surface area contributed by atoms with Gasteiger partial charge in [0.05, 0.1) is 17.2 Å². The fourth-order valence-corrected chi connectivity index (χ4v) is 2.19. The van der Waals surface area contributed by atoms with Crippen molar-refractivity contribution in [3.05, 3.63) is 52.0 Å². The molecule has 0 spiro atoms. The quantitative estimate of drug-likeness (QED) is 0.792. The SMILES string of the molecule is N#Cc1ccc(Oc2cc(N)cc(Br)c2)cc1C(F)(F)F. The normalized spacial score (nSPS) is 11.0. The average molecular weight is 357 g/mol. The maximum atomic E-state index is 12.8. The molecular formula is C14H8BrF3N2O. The van der Waals surface area contributed by atoms with Crippen LogP contribution in [0.4, 0.5) is 18.9 Å². The molecule has 0 amide bonds. The number of anilines is 1. The molecule has 0 heterocycles. The van der Waals surface area contributed by atoms with Gasteiger partial charge in [0.25, 0.3) is 0 Å². The Kier molecular flexibility index (Phi) is 4.09. The van der Waals surface area contributed by atoms with E-state index in [1.807, 2.05) is 0 Å². The van der Waals surface area contributed by atoms with Crippen LogP contribution < -0.4 is 10.5 Å². The minimum Gasteiger partial charge on any atom is -0.457 e. The fourth-order valence-electron chi connectivity index (χ4n) is 1.70. The van der Waals surface area contributed by atoms with Gasteiger partial charge in [0.1, 0.15) is 11.5 Å². The van der Waals surface area contributed by atoms with Crippen LogP contribution >= 0.6 is 15.9 Å². The lowest BCUT2D eigenvalue weighted by atomic mass is 10.1. The second-order valence-corrected chi connectivity index (χ2v) is 5.05. The lowest BCUT2D eigenvalue weighted by molar-refractivity contribution is -0.137. The Bertz CT molecular complexity index is 703. The third kappa shape index (κ3) is 3.67. The average Bonchev–Trinajstić information content (AvgIpc) is 2.36. The third-order valence-corrected chi connectivity index (χ3v) is 3.00. The molecule has 2 aromatic carbocycles. The van der Waals surface area contributed by atoms with Gasteiger partial charge < -0.3 is 10.5 Å². The van der Waals surface area contributed by atoms with Crippen LogP contribution in [0.2, 0.25) is 0 Å². The zero-order valence-electron chi connectivity index (χ0n) is 10.4. The van der Waals surface area contributed by atoms with Crippen molar-refractivity contribution >= 4 is 21.6 Å². The number of halogens is 4. The number of ether oxygens (including phenoxy) is 1. The first-order valence-corrected chi connectivity index (χ1v) is 6.44. The fraction of sp³-hybridized carbons (Fsp3) is 0.0714. The van der Waals surface area contributed by atoms with E-state index in [9.17, 15) is 13.2 Å². The van der Waals surface area contributed by atoms with Crippen LogP contribution in [-0.4, -0.2) is 0 Å². The number of hydrogen-bond acceptors (Lipinski definition) is 3. The highest BCUT2D eigenvalue weighted by molar-refractivity contribution is 9.10. The predicted octanol–water partition coefficient (Wildman–Crippen LogP) is 4.71. The van der Waals surface area contributed by atoms with Gasteiger partial charge in [-0.2, -0.15) is 18.4 Å². The molecular weight excluding hydrogens is 349 g/mol. The Labute approximate surface area is 126 Å². The number of rotatable bonds is 2. The first-order chi connectivity index (χ1) is 9.79. The van der Waals surface area contributed by atoms with Gasteiger partial charge >= 0.3 is 6.18 Å². The highest BCUT2D eigenvalue weighted by Gasteiger charge is 2.34. The first-order valence-electron chi connectivity index (χ1n) is 5.65. The molecule has 0 unspecified atom stereocenters. The van der Waals surface area contributed by atoms with E-state index in [4.69, 9.17) is 15.7 Å². The minimum atomic E-state index is -4.62. The van der Waals surface area contributed by atoms with Crippen LogP contribution in [0.5, 0.6) is 11.5 Å². The number of hydrogen-bond donors (Lipinski definition) is 1. The van der Waals surface area contributed by atoms with Gasteiger partial charge in [0.15, 0.2) is 0 Å². The summed E-state index contributed by atoms with van der Waals surface area (Å²) in [5, 5.41) is 8.72. The summed E-state index contributed by atoms with van der Waals surface area (Å²) in [5.41, 5.74) is 4.54. The number of nitrogens with zero attached hydrogens (tertiary/aromatic N) is 1. The van der Waals surface area contributed by atoms with E-state index in [0.717, 1.165) is 12.1 Å². The van der Waals surface area contributed by atoms with Crippen molar-refractivity contribution < 1.29 is 17.9 Å². The topological polar surface area (TPSA) is 59.0 Å². The van der Waals surface area contributed by atoms with E-state index in [2.05, 4.69) is 15.9 Å². The van der Waals surface area contributed by atoms with Gasteiger partial charge in [-0.25, -0.2) is 0 Å². The van der Waals surface area contributed by atoms with Crippen LogP contribution in [0.15, 0.2) is 40.9 Å². The van der Waals surface area contributed by atoms with Crippen LogP contribution in [0, 0.1) is 11.3 Å². The molecule has 0 aliphatic heterocycles. The van der Waals surface area contributed by atoms with Crippen molar-refractivity contribution in [1.29, 1.82) is 5.26 Å². The summed E-state index contributed by atoms with van der Waals surface area (Å²) in [6.07, 6.45) is -4.62. The second kappa shape index (κ2) is 5.66. The molecule has 0 atom stereocenters. The largest absolute Gasteiger partial charge is 0.457 e. The molecule has 21 heavy (non-hydrogen) atoms. The predicted molar refractivity (Wildman–Crippen MR) is 74.8 cm³/mol. The molecule has 3 nitrogen and oxygen atoms in total. The minimum absolute atomic E-state index is 0.0289. The van der Waals surface area contributed by atoms with Crippen molar-refractivity contribution in [2.45, 2.75) is 6.18 Å². The van der Waals surface area contributed by atoms with Crippen LogP contribution in [0.1, 0.15) is 11.1 Å². The standard InChI is InChI=1S/C14H8BrF3N2O/c15-9-3-10(20)5-12(4-9)21-11-2-1-8(7-19)13(6-11)14(16,17)18/h1-6H,20H2. The monoisotopic (exact) mass is 356 g/mol. The summed E-state index contributed by atoms with van der Waals surface area (Å²) in [4.78, 5) is 0. The first kappa shape index (κ1) is 15.2.